The van der Waals surface area contributed by atoms with Gasteiger partial charge in [-0.15, -0.1) is 12.4 Å². The third-order valence-corrected chi connectivity index (χ3v) is 1.99. The van der Waals surface area contributed by atoms with Crippen molar-refractivity contribution in [1.29, 1.82) is 0 Å². The van der Waals surface area contributed by atoms with Crippen LogP contribution in [0.5, 0.6) is 0 Å². The van der Waals surface area contributed by atoms with Gasteiger partial charge in [0.15, 0.2) is 0 Å². The summed E-state index contributed by atoms with van der Waals surface area (Å²) >= 11 is 0. The quantitative estimate of drug-likeness (QED) is 0.745. The van der Waals surface area contributed by atoms with Gasteiger partial charge in [0.2, 0.25) is 5.91 Å². The van der Waals surface area contributed by atoms with Crippen molar-refractivity contribution in [3.8, 4) is 0 Å². The summed E-state index contributed by atoms with van der Waals surface area (Å²) in [5, 5.41) is 0. The Morgan fingerprint density at radius 3 is 2.35 bits per heavy atom. The number of rotatable bonds is 5. The van der Waals surface area contributed by atoms with Crippen molar-refractivity contribution in [2.24, 2.45) is 11.5 Å². The van der Waals surface area contributed by atoms with Crippen LogP contribution < -0.4 is 11.5 Å². The van der Waals surface area contributed by atoms with E-state index in [0.717, 1.165) is 5.56 Å². The molecule has 1 rings (SSSR count). The average Bonchev–Trinajstić information content (AvgIpc) is 2.27. The van der Waals surface area contributed by atoms with Crippen LogP contribution in [-0.4, -0.2) is 17.9 Å². The minimum absolute atomic E-state index is 0. The number of amides is 1. The maximum absolute atomic E-state index is 11.2. The van der Waals surface area contributed by atoms with Crippen molar-refractivity contribution in [1.82, 2.24) is 0 Å². The molecule has 1 amide bonds. The van der Waals surface area contributed by atoms with Gasteiger partial charge < -0.3 is 16.2 Å². The SMILES string of the molecule is Cl.NC(=O)[C@@H](N)CC(=O)OCc1ccccc1. The van der Waals surface area contributed by atoms with Crippen molar-refractivity contribution in [3.63, 3.8) is 0 Å². The summed E-state index contributed by atoms with van der Waals surface area (Å²) in [6.45, 7) is 0.172. The Balaban J connectivity index is 0.00000256. The Morgan fingerprint density at radius 1 is 1.24 bits per heavy atom. The third kappa shape index (κ3) is 5.89. The monoisotopic (exact) mass is 258 g/mol. The minimum Gasteiger partial charge on any atom is -0.461 e. The number of ether oxygens (including phenoxy) is 1. The van der Waals surface area contributed by atoms with E-state index in [1.807, 2.05) is 30.3 Å². The largest absolute Gasteiger partial charge is 0.461 e. The molecular weight excluding hydrogens is 244 g/mol. The van der Waals surface area contributed by atoms with E-state index in [1.54, 1.807) is 0 Å². The fourth-order valence-electron chi connectivity index (χ4n) is 1.08. The molecule has 17 heavy (non-hydrogen) atoms. The molecular formula is C11H15ClN2O3. The van der Waals surface area contributed by atoms with Gasteiger partial charge in [-0.3, -0.25) is 9.59 Å². The van der Waals surface area contributed by atoms with Crippen LogP contribution in [0, 0.1) is 0 Å². The van der Waals surface area contributed by atoms with Crippen molar-refractivity contribution in [3.05, 3.63) is 35.9 Å². The van der Waals surface area contributed by atoms with Gasteiger partial charge in [0.25, 0.3) is 0 Å². The molecule has 0 aliphatic rings. The summed E-state index contributed by atoms with van der Waals surface area (Å²) in [6, 6.07) is 8.25. The van der Waals surface area contributed by atoms with Crippen LogP contribution in [0.1, 0.15) is 12.0 Å². The number of carbonyl (C=O) groups excluding carboxylic acids is 2. The number of nitrogens with two attached hydrogens (primary N) is 2. The fourth-order valence-corrected chi connectivity index (χ4v) is 1.08. The van der Waals surface area contributed by atoms with E-state index in [9.17, 15) is 9.59 Å². The second-order valence-electron chi connectivity index (χ2n) is 3.36. The van der Waals surface area contributed by atoms with Crippen LogP contribution in [0.2, 0.25) is 0 Å². The number of primary amides is 1. The Hall–Kier alpha value is -1.59. The molecule has 0 aliphatic carbocycles. The van der Waals surface area contributed by atoms with Crippen LogP contribution in [0.4, 0.5) is 0 Å². The Kier molecular flexibility index (Phi) is 6.93. The van der Waals surface area contributed by atoms with E-state index in [2.05, 4.69) is 0 Å². The zero-order valence-corrected chi connectivity index (χ0v) is 9.98. The van der Waals surface area contributed by atoms with E-state index in [0.29, 0.717) is 0 Å². The van der Waals surface area contributed by atoms with Gasteiger partial charge in [-0.25, -0.2) is 0 Å². The van der Waals surface area contributed by atoms with E-state index in [1.165, 1.54) is 0 Å². The highest BCUT2D eigenvalue weighted by molar-refractivity contribution is 5.85. The summed E-state index contributed by atoms with van der Waals surface area (Å²) in [6.07, 6.45) is -0.192. The summed E-state index contributed by atoms with van der Waals surface area (Å²) < 4.78 is 4.92. The van der Waals surface area contributed by atoms with Gasteiger partial charge in [-0.1, -0.05) is 30.3 Å². The van der Waals surface area contributed by atoms with Crippen molar-refractivity contribution in [2.75, 3.05) is 0 Å². The molecule has 0 saturated carbocycles. The van der Waals surface area contributed by atoms with Gasteiger partial charge in [0.1, 0.15) is 6.61 Å². The van der Waals surface area contributed by atoms with Crippen LogP contribution in [0.3, 0.4) is 0 Å². The van der Waals surface area contributed by atoms with Crippen molar-refractivity contribution >= 4 is 24.3 Å². The Bertz CT molecular complexity index is 370. The number of hydrogen-bond acceptors (Lipinski definition) is 4. The van der Waals surface area contributed by atoms with E-state index >= 15 is 0 Å². The Labute approximate surface area is 106 Å². The summed E-state index contributed by atoms with van der Waals surface area (Å²) in [5.74, 6) is -1.24. The molecule has 1 aromatic carbocycles. The lowest BCUT2D eigenvalue weighted by atomic mass is 10.2. The van der Waals surface area contributed by atoms with Crippen LogP contribution in [0.25, 0.3) is 0 Å². The van der Waals surface area contributed by atoms with Gasteiger partial charge in [0, 0.05) is 0 Å². The molecule has 5 nitrogen and oxygen atoms in total. The molecule has 1 aromatic rings. The lowest BCUT2D eigenvalue weighted by Crippen LogP contribution is -2.38. The maximum Gasteiger partial charge on any atom is 0.308 e. The topological polar surface area (TPSA) is 95.4 Å². The standard InChI is InChI=1S/C11H14N2O3.ClH/c12-9(11(13)15)6-10(14)16-7-8-4-2-1-3-5-8;/h1-5,9H,6-7,12H2,(H2,13,15);1H/t9-;/m0./s1. The summed E-state index contributed by atoms with van der Waals surface area (Å²) in [7, 11) is 0. The van der Waals surface area contributed by atoms with Crippen LogP contribution in [0.15, 0.2) is 30.3 Å². The van der Waals surface area contributed by atoms with Crippen LogP contribution >= 0.6 is 12.4 Å². The molecule has 0 aliphatic heterocycles. The zero-order chi connectivity index (χ0) is 12.0. The molecule has 1 atom stereocenters. The average molecular weight is 259 g/mol. The third-order valence-electron chi connectivity index (χ3n) is 1.99. The summed E-state index contributed by atoms with van der Waals surface area (Å²) in [5.41, 5.74) is 11.1. The van der Waals surface area contributed by atoms with Gasteiger partial charge in [-0.05, 0) is 5.56 Å². The minimum atomic E-state index is -0.983. The molecule has 0 unspecified atom stereocenters. The lowest BCUT2D eigenvalue weighted by molar-refractivity contribution is -0.146. The van der Waals surface area contributed by atoms with Crippen LogP contribution in [-0.2, 0) is 20.9 Å². The molecule has 0 fully saturated rings. The molecule has 94 valence electrons. The molecule has 4 N–H and O–H groups in total. The van der Waals surface area contributed by atoms with Gasteiger partial charge in [0.05, 0.1) is 12.5 Å². The molecule has 0 radical (unpaired) electrons. The van der Waals surface area contributed by atoms with Crippen molar-refractivity contribution < 1.29 is 14.3 Å². The first-order valence-corrected chi connectivity index (χ1v) is 4.84. The highest BCUT2D eigenvalue weighted by Gasteiger charge is 2.15. The molecule has 0 aromatic heterocycles. The number of carbonyl (C=O) groups is 2. The number of esters is 1. The first-order valence-electron chi connectivity index (χ1n) is 4.84. The summed E-state index contributed by atoms with van der Waals surface area (Å²) in [4.78, 5) is 21.8. The highest BCUT2D eigenvalue weighted by atomic mass is 35.5. The Morgan fingerprint density at radius 2 is 1.82 bits per heavy atom. The highest BCUT2D eigenvalue weighted by Crippen LogP contribution is 2.02. The fraction of sp³-hybridized carbons (Fsp3) is 0.273. The molecule has 0 saturated heterocycles. The smallest absolute Gasteiger partial charge is 0.308 e. The first kappa shape index (κ1) is 15.4. The second-order valence-corrected chi connectivity index (χ2v) is 3.36. The number of halogens is 1. The first-order chi connectivity index (χ1) is 7.59. The predicted octanol–water partition coefficient (Wildman–Crippen LogP) is 0.354. The predicted molar refractivity (Wildman–Crippen MR) is 65.3 cm³/mol. The van der Waals surface area contributed by atoms with E-state index < -0.39 is 17.9 Å². The normalized spacial score (nSPS) is 11.1. The lowest BCUT2D eigenvalue weighted by Gasteiger charge is -2.07. The van der Waals surface area contributed by atoms with E-state index in [-0.39, 0.29) is 25.4 Å². The molecule has 0 spiro atoms. The molecule has 6 heteroatoms. The van der Waals surface area contributed by atoms with E-state index in [4.69, 9.17) is 16.2 Å². The number of hydrogen-bond donors (Lipinski definition) is 2. The van der Waals surface area contributed by atoms with Gasteiger partial charge in [-0.2, -0.15) is 0 Å². The zero-order valence-electron chi connectivity index (χ0n) is 9.17. The van der Waals surface area contributed by atoms with Gasteiger partial charge >= 0.3 is 5.97 Å². The second kappa shape index (κ2) is 7.65. The number of benzene rings is 1. The maximum atomic E-state index is 11.2. The molecule has 0 bridgehead atoms. The van der Waals surface area contributed by atoms with Crippen molar-refractivity contribution in [2.45, 2.75) is 19.1 Å². The molecule has 0 heterocycles.